The number of fused-ring (bicyclic) bond motifs is 1. The van der Waals surface area contributed by atoms with E-state index in [4.69, 9.17) is 9.84 Å². The van der Waals surface area contributed by atoms with Crippen LogP contribution in [0.5, 0.6) is 0 Å². The second-order valence-electron chi connectivity index (χ2n) is 5.98. The molecule has 0 fully saturated rings. The minimum absolute atomic E-state index is 0.101. The summed E-state index contributed by atoms with van der Waals surface area (Å²) in [6, 6.07) is 11.7. The van der Waals surface area contributed by atoms with Crippen LogP contribution in [0.1, 0.15) is 23.1 Å². The van der Waals surface area contributed by atoms with Gasteiger partial charge in [-0.05, 0) is 49.4 Å². The Kier molecular flexibility index (Phi) is 6.71. The van der Waals surface area contributed by atoms with Crippen LogP contribution in [0.25, 0.3) is 16.6 Å². The fourth-order valence-electron chi connectivity index (χ4n) is 2.76. The highest BCUT2D eigenvalue weighted by atomic mass is 79.9. The lowest BCUT2D eigenvalue weighted by Crippen LogP contribution is -2.24. The average Bonchev–Trinajstić information content (AvgIpc) is 2.69. The van der Waals surface area contributed by atoms with Gasteiger partial charge >= 0.3 is 11.9 Å². The smallest absolute Gasteiger partial charge is 0.338 e. The fourth-order valence-corrected chi connectivity index (χ4v) is 3.77. The SMILES string of the molecule is CCOC(=O)c1ccc(-n2c(CSCC(=O)O)nc3ccc(Br)cc3c2=O)cc1. The Morgan fingerprint density at radius 3 is 2.59 bits per heavy atom. The number of halogens is 1. The molecular formula is C20H17BrN2O5S. The van der Waals surface area contributed by atoms with Crippen molar-refractivity contribution in [2.24, 2.45) is 0 Å². The van der Waals surface area contributed by atoms with E-state index in [9.17, 15) is 14.4 Å². The fraction of sp³-hybridized carbons (Fsp3) is 0.200. The highest BCUT2D eigenvalue weighted by Crippen LogP contribution is 2.20. The molecule has 0 aliphatic heterocycles. The third kappa shape index (κ3) is 4.86. The van der Waals surface area contributed by atoms with Crippen LogP contribution in [-0.2, 0) is 15.3 Å². The largest absolute Gasteiger partial charge is 0.481 e. The molecule has 29 heavy (non-hydrogen) atoms. The van der Waals surface area contributed by atoms with Gasteiger partial charge in [-0.1, -0.05) is 15.9 Å². The van der Waals surface area contributed by atoms with Gasteiger partial charge < -0.3 is 9.84 Å². The van der Waals surface area contributed by atoms with Gasteiger partial charge in [0.05, 0.1) is 40.3 Å². The van der Waals surface area contributed by atoms with E-state index in [1.54, 1.807) is 49.4 Å². The van der Waals surface area contributed by atoms with Crippen LogP contribution < -0.4 is 5.56 Å². The Balaban J connectivity index is 2.10. The molecule has 150 valence electrons. The number of hydrogen-bond donors (Lipinski definition) is 1. The molecule has 0 amide bonds. The van der Waals surface area contributed by atoms with Gasteiger partial charge in [-0.25, -0.2) is 9.78 Å². The lowest BCUT2D eigenvalue weighted by Gasteiger charge is -2.14. The summed E-state index contributed by atoms with van der Waals surface area (Å²) < 4.78 is 7.18. The molecule has 9 heteroatoms. The molecule has 7 nitrogen and oxygen atoms in total. The minimum atomic E-state index is -0.938. The molecule has 2 aromatic carbocycles. The molecular weight excluding hydrogens is 460 g/mol. The van der Waals surface area contributed by atoms with E-state index in [-0.39, 0.29) is 23.7 Å². The Hall–Kier alpha value is -2.65. The second kappa shape index (κ2) is 9.23. The number of thioether (sulfide) groups is 1. The summed E-state index contributed by atoms with van der Waals surface area (Å²) in [5, 5.41) is 9.33. The minimum Gasteiger partial charge on any atom is -0.481 e. The van der Waals surface area contributed by atoms with Crippen molar-refractivity contribution in [2.75, 3.05) is 12.4 Å². The van der Waals surface area contributed by atoms with Crippen molar-refractivity contribution in [3.8, 4) is 5.69 Å². The quantitative estimate of drug-likeness (QED) is 0.519. The number of ether oxygens (including phenoxy) is 1. The first-order valence-corrected chi connectivity index (χ1v) is 10.6. The average molecular weight is 477 g/mol. The summed E-state index contributed by atoms with van der Waals surface area (Å²) in [4.78, 5) is 40.5. The number of rotatable bonds is 7. The van der Waals surface area contributed by atoms with Gasteiger partial charge in [0.15, 0.2) is 0 Å². The van der Waals surface area contributed by atoms with Gasteiger partial charge in [0, 0.05) is 4.47 Å². The number of carbonyl (C=O) groups excluding carboxylic acids is 1. The first-order chi connectivity index (χ1) is 13.9. The van der Waals surface area contributed by atoms with Crippen molar-refractivity contribution in [1.29, 1.82) is 0 Å². The summed E-state index contributed by atoms with van der Waals surface area (Å²) in [6.07, 6.45) is 0. The molecule has 0 saturated carbocycles. The Labute approximate surface area is 178 Å². The molecule has 1 heterocycles. The normalized spacial score (nSPS) is 10.8. The third-order valence-electron chi connectivity index (χ3n) is 3.99. The highest BCUT2D eigenvalue weighted by molar-refractivity contribution is 9.10. The molecule has 0 atom stereocenters. The second-order valence-corrected chi connectivity index (χ2v) is 7.89. The molecule has 0 radical (unpaired) electrons. The maximum atomic E-state index is 13.2. The predicted molar refractivity (Wildman–Crippen MR) is 115 cm³/mol. The summed E-state index contributed by atoms with van der Waals surface area (Å²) in [5.74, 6) is -0.806. The number of esters is 1. The van der Waals surface area contributed by atoms with Gasteiger partial charge in [-0.3, -0.25) is 14.2 Å². The van der Waals surface area contributed by atoms with Crippen LogP contribution in [-0.4, -0.2) is 39.0 Å². The number of carboxylic acid groups (broad SMARTS) is 1. The van der Waals surface area contributed by atoms with E-state index in [0.717, 1.165) is 16.2 Å². The Morgan fingerprint density at radius 1 is 1.21 bits per heavy atom. The van der Waals surface area contributed by atoms with Crippen LogP contribution >= 0.6 is 27.7 Å². The number of hydrogen-bond acceptors (Lipinski definition) is 6. The number of nitrogens with zero attached hydrogens (tertiary/aromatic N) is 2. The van der Waals surface area contributed by atoms with Crippen molar-refractivity contribution < 1.29 is 19.4 Å². The zero-order valence-corrected chi connectivity index (χ0v) is 17.8. The number of aliphatic carboxylic acids is 1. The summed E-state index contributed by atoms with van der Waals surface area (Å²) >= 11 is 4.52. The molecule has 3 rings (SSSR count). The zero-order chi connectivity index (χ0) is 21.0. The monoisotopic (exact) mass is 476 g/mol. The van der Waals surface area contributed by atoms with Crippen LogP contribution in [0.4, 0.5) is 0 Å². The van der Waals surface area contributed by atoms with Gasteiger partial charge in [-0.2, -0.15) is 0 Å². The molecule has 0 saturated heterocycles. The summed E-state index contributed by atoms with van der Waals surface area (Å²) in [6.45, 7) is 2.00. The van der Waals surface area contributed by atoms with Crippen molar-refractivity contribution in [3.63, 3.8) is 0 Å². The van der Waals surface area contributed by atoms with Crippen molar-refractivity contribution >= 4 is 50.5 Å². The zero-order valence-electron chi connectivity index (χ0n) is 15.4. The van der Waals surface area contributed by atoms with Gasteiger partial charge in [0.1, 0.15) is 5.82 Å². The van der Waals surface area contributed by atoms with Crippen LogP contribution in [0.3, 0.4) is 0 Å². The van der Waals surface area contributed by atoms with Crippen LogP contribution in [0.15, 0.2) is 51.7 Å². The van der Waals surface area contributed by atoms with Gasteiger partial charge in [-0.15, -0.1) is 11.8 Å². The number of carboxylic acids is 1. The molecule has 0 spiro atoms. The van der Waals surface area contributed by atoms with Crippen molar-refractivity contribution in [2.45, 2.75) is 12.7 Å². The number of aromatic nitrogens is 2. The van der Waals surface area contributed by atoms with Crippen molar-refractivity contribution in [3.05, 3.63) is 68.7 Å². The summed E-state index contributed by atoms with van der Waals surface area (Å²) in [7, 11) is 0. The number of carbonyl (C=O) groups is 2. The maximum absolute atomic E-state index is 13.2. The van der Waals surface area contributed by atoms with E-state index in [1.807, 2.05) is 0 Å². The first-order valence-electron chi connectivity index (χ1n) is 8.69. The highest BCUT2D eigenvalue weighted by Gasteiger charge is 2.15. The van der Waals surface area contributed by atoms with Gasteiger partial charge in [0.2, 0.25) is 0 Å². The maximum Gasteiger partial charge on any atom is 0.338 e. The van der Waals surface area contributed by atoms with E-state index >= 15 is 0 Å². The first kappa shape index (κ1) is 21.1. The molecule has 3 aromatic rings. The summed E-state index contributed by atoms with van der Waals surface area (Å²) in [5.41, 5.74) is 1.17. The van der Waals surface area contributed by atoms with Crippen LogP contribution in [0, 0.1) is 0 Å². The molecule has 1 aromatic heterocycles. The van der Waals surface area contributed by atoms with Crippen molar-refractivity contribution in [1.82, 2.24) is 9.55 Å². The Morgan fingerprint density at radius 2 is 1.93 bits per heavy atom. The third-order valence-corrected chi connectivity index (χ3v) is 5.40. The topological polar surface area (TPSA) is 98.5 Å². The standard InChI is InChI=1S/C20H17BrN2O5S/c1-2-28-20(27)12-3-6-14(7-4-12)23-17(10-29-11-18(24)25)22-16-8-5-13(21)9-15(16)19(23)26/h3-9H,2,10-11H2,1H3,(H,24,25). The molecule has 1 N–H and O–H groups in total. The van der Waals surface area contributed by atoms with E-state index in [0.29, 0.717) is 28.0 Å². The lowest BCUT2D eigenvalue weighted by molar-refractivity contribution is -0.133. The van der Waals surface area contributed by atoms with E-state index in [1.165, 1.54) is 4.57 Å². The van der Waals surface area contributed by atoms with Gasteiger partial charge in [0.25, 0.3) is 5.56 Å². The molecule has 0 unspecified atom stereocenters. The van der Waals surface area contributed by atoms with E-state index < -0.39 is 11.9 Å². The molecule has 0 aliphatic rings. The molecule has 0 aliphatic carbocycles. The predicted octanol–water partition coefficient (Wildman–Crippen LogP) is 3.64. The van der Waals surface area contributed by atoms with E-state index in [2.05, 4.69) is 20.9 Å². The lowest BCUT2D eigenvalue weighted by atomic mass is 10.2. The number of benzene rings is 2. The Bertz CT molecular complexity index is 1130. The molecule has 0 bridgehead atoms. The van der Waals surface area contributed by atoms with Crippen LogP contribution in [0.2, 0.25) is 0 Å².